The lowest BCUT2D eigenvalue weighted by molar-refractivity contribution is 0.587. The normalized spacial score (nSPS) is 12.3. The fourth-order valence-corrected chi connectivity index (χ4v) is 3.02. The zero-order valence-corrected chi connectivity index (χ0v) is 11.1. The summed E-state index contributed by atoms with van der Waals surface area (Å²) >= 11 is 13.7. The summed E-state index contributed by atoms with van der Waals surface area (Å²) in [6.07, 6.45) is 0. The molecule has 0 N–H and O–H groups in total. The highest BCUT2D eigenvalue weighted by atomic mass is 35.5. The van der Waals surface area contributed by atoms with E-state index in [1.54, 1.807) is 17.4 Å². The van der Waals surface area contributed by atoms with E-state index in [0.717, 1.165) is 15.2 Å². The molecule has 0 aliphatic heterocycles. The SMILES string of the molecule is CC(C)(C)c1nc2c(Cl)cc(Cl)cc2s1. The summed E-state index contributed by atoms with van der Waals surface area (Å²) in [5.41, 5.74) is 0.912. The van der Waals surface area contributed by atoms with E-state index in [-0.39, 0.29) is 5.41 Å². The molecule has 1 heterocycles. The van der Waals surface area contributed by atoms with Crippen LogP contribution in [0.5, 0.6) is 0 Å². The van der Waals surface area contributed by atoms with E-state index in [9.17, 15) is 0 Å². The maximum atomic E-state index is 6.09. The van der Waals surface area contributed by atoms with Crippen molar-refractivity contribution in [3.8, 4) is 0 Å². The number of benzene rings is 1. The van der Waals surface area contributed by atoms with Crippen LogP contribution in [0.1, 0.15) is 25.8 Å². The summed E-state index contributed by atoms with van der Waals surface area (Å²) in [6.45, 7) is 6.42. The lowest BCUT2D eigenvalue weighted by Crippen LogP contribution is -2.09. The average molecular weight is 260 g/mol. The van der Waals surface area contributed by atoms with Crippen LogP contribution in [-0.4, -0.2) is 4.98 Å². The van der Waals surface area contributed by atoms with E-state index in [0.29, 0.717) is 10.0 Å². The summed E-state index contributed by atoms with van der Waals surface area (Å²) in [6, 6.07) is 3.65. The first-order chi connectivity index (χ1) is 6.88. The molecule has 4 heteroatoms. The number of nitrogens with zero attached hydrogens (tertiary/aromatic N) is 1. The Morgan fingerprint density at radius 1 is 1.20 bits per heavy atom. The first kappa shape index (κ1) is 11.2. The van der Waals surface area contributed by atoms with Gasteiger partial charge in [0.05, 0.1) is 14.7 Å². The predicted octanol–water partition coefficient (Wildman–Crippen LogP) is 4.90. The fourth-order valence-electron chi connectivity index (χ4n) is 1.28. The molecular formula is C11H11Cl2NS. The molecule has 0 radical (unpaired) electrons. The van der Waals surface area contributed by atoms with Crippen molar-refractivity contribution in [3.05, 3.63) is 27.2 Å². The third kappa shape index (κ3) is 2.12. The average Bonchev–Trinajstić information content (AvgIpc) is 2.46. The molecule has 0 amide bonds. The van der Waals surface area contributed by atoms with Crippen LogP contribution in [-0.2, 0) is 5.41 Å². The number of fused-ring (bicyclic) bond motifs is 1. The van der Waals surface area contributed by atoms with Crippen molar-refractivity contribution >= 4 is 44.8 Å². The number of thiazole rings is 1. The Balaban J connectivity index is 2.71. The van der Waals surface area contributed by atoms with Gasteiger partial charge in [0.25, 0.3) is 0 Å². The van der Waals surface area contributed by atoms with Crippen LogP contribution in [0.15, 0.2) is 12.1 Å². The molecule has 0 bridgehead atoms. The largest absolute Gasteiger partial charge is 0.239 e. The van der Waals surface area contributed by atoms with Gasteiger partial charge in [-0.1, -0.05) is 44.0 Å². The molecule has 0 fully saturated rings. The van der Waals surface area contributed by atoms with E-state index < -0.39 is 0 Å². The second-order valence-corrected chi connectivity index (χ2v) is 6.38. The lowest BCUT2D eigenvalue weighted by atomic mass is 9.98. The Hall–Kier alpha value is -0.310. The Kier molecular flexibility index (Phi) is 2.70. The van der Waals surface area contributed by atoms with Crippen molar-refractivity contribution in [1.82, 2.24) is 4.98 Å². The minimum Gasteiger partial charge on any atom is -0.239 e. The van der Waals surface area contributed by atoms with Crippen LogP contribution >= 0.6 is 34.5 Å². The van der Waals surface area contributed by atoms with E-state index >= 15 is 0 Å². The predicted molar refractivity (Wildman–Crippen MR) is 68.3 cm³/mol. The van der Waals surface area contributed by atoms with E-state index in [1.165, 1.54) is 0 Å². The van der Waals surface area contributed by atoms with Gasteiger partial charge in [0.1, 0.15) is 5.52 Å². The zero-order valence-electron chi connectivity index (χ0n) is 8.77. The Morgan fingerprint density at radius 2 is 1.87 bits per heavy atom. The van der Waals surface area contributed by atoms with E-state index in [1.807, 2.05) is 6.07 Å². The molecular weight excluding hydrogens is 249 g/mol. The third-order valence-electron chi connectivity index (χ3n) is 2.05. The molecule has 0 aliphatic carbocycles. The van der Waals surface area contributed by atoms with E-state index in [4.69, 9.17) is 23.2 Å². The monoisotopic (exact) mass is 259 g/mol. The van der Waals surface area contributed by atoms with Crippen LogP contribution in [0.4, 0.5) is 0 Å². The van der Waals surface area contributed by atoms with Crippen LogP contribution in [0.2, 0.25) is 10.0 Å². The van der Waals surface area contributed by atoms with Crippen LogP contribution in [0.25, 0.3) is 10.2 Å². The van der Waals surface area contributed by atoms with Crippen molar-refractivity contribution in [2.24, 2.45) is 0 Å². The third-order valence-corrected chi connectivity index (χ3v) is 3.99. The first-order valence-electron chi connectivity index (χ1n) is 4.64. The topological polar surface area (TPSA) is 12.9 Å². The maximum Gasteiger partial charge on any atom is 0.100 e. The number of hydrogen-bond acceptors (Lipinski definition) is 2. The second-order valence-electron chi connectivity index (χ2n) is 4.50. The minimum absolute atomic E-state index is 0.0551. The summed E-state index contributed by atoms with van der Waals surface area (Å²) in [5, 5.41) is 2.38. The number of aromatic nitrogens is 1. The Bertz CT molecular complexity index is 511. The van der Waals surface area contributed by atoms with Gasteiger partial charge in [-0.05, 0) is 12.1 Å². The van der Waals surface area contributed by atoms with Crippen molar-refractivity contribution in [3.63, 3.8) is 0 Å². The molecule has 0 atom stereocenters. The van der Waals surface area contributed by atoms with Gasteiger partial charge in [-0.25, -0.2) is 4.98 Å². The maximum absolute atomic E-state index is 6.09. The molecule has 80 valence electrons. The highest BCUT2D eigenvalue weighted by Gasteiger charge is 2.19. The highest BCUT2D eigenvalue weighted by molar-refractivity contribution is 7.18. The summed E-state index contributed by atoms with van der Waals surface area (Å²) in [4.78, 5) is 4.55. The lowest BCUT2D eigenvalue weighted by Gasteiger charge is -2.13. The van der Waals surface area contributed by atoms with Gasteiger partial charge in [-0.2, -0.15) is 0 Å². The zero-order chi connectivity index (χ0) is 11.2. The highest BCUT2D eigenvalue weighted by Crippen LogP contribution is 2.35. The molecule has 15 heavy (non-hydrogen) atoms. The fraction of sp³-hybridized carbons (Fsp3) is 0.364. The number of halogens is 2. The van der Waals surface area contributed by atoms with Crippen LogP contribution in [0, 0.1) is 0 Å². The number of hydrogen-bond donors (Lipinski definition) is 0. The summed E-state index contributed by atoms with van der Waals surface area (Å²) < 4.78 is 1.05. The van der Waals surface area contributed by atoms with E-state index in [2.05, 4.69) is 25.8 Å². The van der Waals surface area contributed by atoms with Crippen LogP contribution in [0.3, 0.4) is 0 Å². The Labute approximate surface area is 103 Å². The van der Waals surface area contributed by atoms with Gasteiger partial charge < -0.3 is 0 Å². The van der Waals surface area contributed by atoms with Crippen molar-refractivity contribution in [2.75, 3.05) is 0 Å². The van der Waals surface area contributed by atoms with Gasteiger partial charge >= 0.3 is 0 Å². The number of rotatable bonds is 0. The standard InChI is InChI=1S/C11H11Cl2NS/c1-11(2,3)10-14-9-7(13)4-6(12)5-8(9)15-10/h4-5H,1-3H3. The van der Waals surface area contributed by atoms with Gasteiger partial charge in [0, 0.05) is 10.4 Å². The van der Waals surface area contributed by atoms with Gasteiger partial charge in [-0.3, -0.25) is 0 Å². The van der Waals surface area contributed by atoms with Crippen molar-refractivity contribution < 1.29 is 0 Å². The molecule has 0 saturated carbocycles. The molecule has 2 rings (SSSR count). The first-order valence-corrected chi connectivity index (χ1v) is 6.21. The van der Waals surface area contributed by atoms with Gasteiger partial charge in [0.15, 0.2) is 0 Å². The molecule has 2 aromatic rings. The summed E-state index contributed by atoms with van der Waals surface area (Å²) in [5.74, 6) is 0. The smallest absolute Gasteiger partial charge is 0.100 e. The molecule has 0 spiro atoms. The summed E-state index contributed by atoms with van der Waals surface area (Å²) in [7, 11) is 0. The Morgan fingerprint density at radius 3 is 2.47 bits per heavy atom. The molecule has 1 aromatic heterocycles. The van der Waals surface area contributed by atoms with Gasteiger partial charge in [-0.15, -0.1) is 11.3 Å². The van der Waals surface area contributed by atoms with Crippen LogP contribution < -0.4 is 0 Å². The molecule has 0 aliphatic rings. The second kappa shape index (κ2) is 3.62. The quantitative estimate of drug-likeness (QED) is 0.656. The van der Waals surface area contributed by atoms with Crippen molar-refractivity contribution in [1.29, 1.82) is 0 Å². The molecule has 0 saturated heterocycles. The van der Waals surface area contributed by atoms with Crippen molar-refractivity contribution in [2.45, 2.75) is 26.2 Å². The molecule has 1 aromatic carbocycles. The molecule has 0 unspecified atom stereocenters. The molecule has 1 nitrogen and oxygen atoms in total. The minimum atomic E-state index is 0.0551. The van der Waals surface area contributed by atoms with Gasteiger partial charge in [0.2, 0.25) is 0 Å².